The lowest BCUT2D eigenvalue weighted by Crippen LogP contribution is -2.44. The van der Waals surface area contributed by atoms with Gasteiger partial charge >= 0.3 is 7.05 Å². The molecule has 2 atom stereocenters. The highest BCUT2D eigenvalue weighted by molar-refractivity contribution is 6.45. The standard InChI is InChI=1S/C14H23BN2O/c1-3-13-10-17(11-14(13)16-15(2)18)9-12-7-5-4-6-8-12/h4-8,13-14,16,18H,3,9-11H2,1-2H3/t13-,14?/m0/s1. The summed E-state index contributed by atoms with van der Waals surface area (Å²) in [6, 6.07) is 11.0. The first-order valence-electron chi connectivity index (χ1n) is 6.89. The molecule has 1 aliphatic rings. The van der Waals surface area contributed by atoms with Crippen LogP contribution in [0, 0.1) is 5.92 Å². The molecule has 0 spiro atoms. The fraction of sp³-hybridized carbons (Fsp3) is 0.571. The van der Waals surface area contributed by atoms with Crippen molar-refractivity contribution < 1.29 is 5.02 Å². The van der Waals surface area contributed by atoms with Crippen LogP contribution in [0.1, 0.15) is 18.9 Å². The van der Waals surface area contributed by atoms with Crippen LogP contribution in [-0.4, -0.2) is 36.1 Å². The van der Waals surface area contributed by atoms with Gasteiger partial charge in [-0.1, -0.05) is 43.7 Å². The molecule has 1 aromatic carbocycles. The predicted octanol–water partition coefficient (Wildman–Crippen LogP) is 1.60. The van der Waals surface area contributed by atoms with E-state index in [0.29, 0.717) is 12.0 Å². The van der Waals surface area contributed by atoms with Crippen LogP contribution in [0.15, 0.2) is 30.3 Å². The molecule has 18 heavy (non-hydrogen) atoms. The zero-order valence-corrected chi connectivity index (χ0v) is 11.3. The van der Waals surface area contributed by atoms with E-state index in [0.717, 1.165) is 26.1 Å². The van der Waals surface area contributed by atoms with Gasteiger partial charge in [-0.05, 0) is 18.3 Å². The van der Waals surface area contributed by atoms with Crippen LogP contribution in [-0.2, 0) is 6.54 Å². The number of nitrogens with one attached hydrogen (secondary N) is 1. The monoisotopic (exact) mass is 246 g/mol. The molecule has 0 aliphatic carbocycles. The Balaban J connectivity index is 1.92. The van der Waals surface area contributed by atoms with Crippen molar-refractivity contribution in [1.29, 1.82) is 0 Å². The SMILES string of the molecule is CC[C@H]1CN(Cc2ccccc2)CC1NB(C)O. The van der Waals surface area contributed by atoms with Crippen molar-refractivity contribution in [3.8, 4) is 0 Å². The van der Waals surface area contributed by atoms with Crippen LogP contribution >= 0.6 is 0 Å². The molecule has 2 N–H and O–H groups in total. The molecule has 98 valence electrons. The predicted molar refractivity (Wildman–Crippen MR) is 76.3 cm³/mol. The average Bonchev–Trinajstić information content (AvgIpc) is 2.71. The molecule has 1 aromatic rings. The third-order valence-corrected chi connectivity index (χ3v) is 3.75. The second kappa shape index (κ2) is 6.37. The van der Waals surface area contributed by atoms with Crippen molar-refractivity contribution in [2.24, 2.45) is 5.92 Å². The first-order chi connectivity index (χ1) is 8.69. The third-order valence-electron chi connectivity index (χ3n) is 3.75. The van der Waals surface area contributed by atoms with E-state index < -0.39 is 7.05 Å². The van der Waals surface area contributed by atoms with E-state index in [2.05, 4.69) is 47.4 Å². The van der Waals surface area contributed by atoms with E-state index in [4.69, 9.17) is 0 Å². The maximum absolute atomic E-state index is 9.47. The van der Waals surface area contributed by atoms with E-state index in [1.54, 1.807) is 6.82 Å². The summed E-state index contributed by atoms with van der Waals surface area (Å²) in [5.74, 6) is 0.642. The number of hydrogen-bond acceptors (Lipinski definition) is 3. The summed E-state index contributed by atoms with van der Waals surface area (Å²) in [6.45, 7) is 7.18. The van der Waals surface area contributed by atoms with E-state index in [-0.39, 0.29) is 0 Å². The highest BCUT2D eigenvalue weighted by Crippen LogP contribution is 2.22. The Morgan fingerprint density at radius 1 is 1.33 bits per heavy atom. The van der Waals surface area contributed by atoms with Gasteiger partial charge in [0.15, 0.2) is 0 Å². The summed E-state index contributed by atoms with van der Waals surface area (Å²) in [5.41, 5.74) is 1.37. The highest BCUT2D eigenvalue weighted by atomic mass is 16.2. The number of rotatable bonds is 5. The minimum Gasteiger partial charge on any atom is -0.437 e. The Bertz CT molecular complexity index is 358. The van der Waals surface area contributed by atoms with Gasteiger partial charge in [0, 0.05) is 25.7 Å². The van der Waals surface area contributed by atoms with Crippen molar-refractivity contribution in [2.75, 3.05) is 13.1 Å². The maximum atomic E-state index is 9.47. The molecule has 2 rings (SSSR count). The number of likely N-dealkylation sites (tertiary alicyclic amines) is 1. The number of benzene rings is 1. The summed E-state index contributed by atoms with van der Waals surface area (Å²) in [4.78, 5) is 2.48. The lowest BCUT2D eigenvalue weighted by Gasteiger charge is -2.18. The number of hydrogen-bond donors (Lipinski definition) is 2. The molecule has 0 saturated carbocycles. The summed E-state index contributed by atoms with van der Waals surface area (Å²) in [6.07, 6.45) is 1.16. The highest BCUT2D eigenvalue weighted by Gasteiger charge is 2.32. The minimum atomic E-state index is -0.416. The molecule has 1 unspecified atom stereocenters. The molecule has 4 heteroatoms. The Kier molecular flexibility index (Phi) is 4.81. The molecule has 0 aromatic heterocycles. The van der Waals surface area contributed by atoms with E-state index in [1.165, 1.54) is 5.56 Å². The molecule has 0 amide bonds. The van der Waals surface area contributed by atoms with Crippen LogP contribution in [0.3, 0.4) is 0 Å². The van der Waals surface area contributed by atoms with Crippen molar-refractivity contribution in [3.05, 3.63) is 35.9 Å². The second-order valence-electron chi connectivity index (χ2n) is 5.30. The molecular formula is C14H23BN2O. The molecule has 1 aliphatic heterocycles. The van der Waals surface area contributed by atoms with E-state index in [9.17, 15) is 5.02 Å². The van der Waals surface area contributed by atoms with Gasteiger partial charge in [0.05, 0.1) is 0 Å². The first-order valence-corrected chi connectivity index (χ1v) is 6.89. The molecule has 1 fully saturated rings. The van der Waals surface area contributed by atoms with Crippen LogP contribution in [0.2, 0.25) is 6.82 Å². The van der Waals surface area contributed by atoms with Gasteiger partial charge in [0.1, 0.15) is 0 Å². The molecular weight excluding hydrogens is 223 g/mol. The van der Waals surface area contributed by atoms with Gasteiger partial charge in [-0.15, -0.1) is 0 Å². The largest absolute Gasteiger partial charge is 0.437 e. The van der Waals surface area contributed by atoms with Gasteiger partial charge in [-0.2, -0.15) is 0 Å². The normalized spacial score (nSPS) is 24.4. The Morgan fingerprint density at radius 3 is 2.67 bits per heavy atom. The third kappa shape index (κ3) is 3.58. The van der Waals surface area contributed by atoms with E-state index >= 15 is 0 Å². The van der Waals surface area contributed by atoms with Crippen LogP contribution in [0.4, 0.5) is 0 Å². The van der Waals surface area contributed by atoms with Gasteiger partial charge in [0.25, 0.3) is 0 Å². The zero-order valence-electron chi connectivity index (χ0n) is 11.3. The van der Waals surface area contributed by atoms with Crippen molar-refractivity contribution in [2.45, 2.75) is 32.8 Å². The molecule has 1 saturated heterocycles. The average molecular weight is 246 g/mol. The maximum Gasteiger partial charge on any atom is 0.373 e. The van der Waals surface area contributed by atoms with Crippen LogP contribution in [0.5, 0.6) is 0 Å². The quantitative estimate of drug-likeness (QED) is 0.774. The second-order valence-corrected chi connectivity index (χ2v) is 5.30. The Morgan fingerprint density at radius 2 is 2.06 bits per heavy atom. The summed E-state index contributed by atoms with van der Waals surface area (Å²) < 4.78 is 0. The lowest BCUT2D eigenvalue weighted by atomic mass is 9.85. The van der Waals surface area contributed by atoms with Gasteiger partial charge in [-0.3, -0.25) is 4.90 Å². The Hall–Kier alpha value is -0.835. The Labute approximate surface area is 110 Å². The fourth-order valence-electron chi connectivity index (χ4n) is 2.84. The van der Waals surface area contributed by atoms with Gasteiger partial charge < -0.3 is 10.3 Å². The summed E-state index contributed by atoms with van der Waals surface area (Å²) in [5, 5.41) is 12.7. The number of nitrogens with zero attached hydrogens (tertiary/aromatic N) is 1. The van der Waals surface area contributed by atoms with Crippen molar-refractivity contribution >= 4 is 7.05 Å². The van der Waals surface area contributed by atoms with Crippen LogP contribution in [0.25, 0.3) is 0 Å². The van der Waals surface area contributed by atoms with E-state index in [1.807, 2.05) is 0 Å². The minimum absolute atomic E-state index is 0.415. The lowest BCUT2D eigenvalue weighted by molar-refractivity contribution is 0.314. The molecule has 3 nitrogen and oxygen atoms in total. The van der Waals surface area contributed by atoms with Crippen LogP contribution < -0.4 is 5.23 Å². The summed E-state index contributed by atoms with van der Waals surface area (Å²) >= 11 is 0. The fourth-order valence-corrected chi connectivity index (χ4v) is 2.84. The van der Waals surface area contributed by atoms with Crippen molar-refractivity contribution in [1.82, 2.24) is 10.1 Å². The molecule has 1 heterocycles. The van der Waals surface area contributed by atoms with Gasteiger partial charge in [0.2, 0.25) is 0 Å². The topological polar surface area (TPSA) is 35.5 Å². The summed E-state index contributed by atoms with van der Waals surface area (Å²) in [7, 11) is -0.416. The van der Waals surface area contributed by atoms with Crippen molar-refractivity contribution in [3.63, 3.8) is 0 Å². The van der Waals surface area contributed by atoms with Gasteiger partial charge in [-0.25, -0.2) is 0 Å². The first kappa shape index (κ1) is 13.6. The smallest absolute Gasteiger partial charge is 0.373 e. The zero-order chi connectivity index (χ0) is 13.0. The molecule has 0 bridgehead atoms. The molecule has 0 radical (unpaired) electrons.